The zero-order valence-corrected chi connectivity index (χ0v) is 9.34. The molecule has 0 amide bonds. The van der Waals surface area contributed by atoms with Gasteiger partial charge in [-0.25, -0.2) is 0 Å². The van der Waals surface area contributed by atoms with Gasteiger partial charge in [0, 0.05) is 21.1 Å². The van der Waals surface area contributed by atoms with Gasteiger partial charge in [-0.15, -0.1) is 0 Å². The van der Waals surface area contributed by atoms with E-state index in [4.69, 9.17) is 21.9 Å². The average molecular weight is 274 g/mol. The lowest BCUT2D eigenvalue weighted by Crippen LogP contribution is -1.80. The number of nitrogens with two attached hydrogens (primary N) is 1. The summed E-state index contributed by atoms with van der Waals surface area (Å²) >= 11 is 9.25. The Kier molecular flexibility index (Phi) is 2.48. The molecule has 72 valence electrons. The molecule has 2 aromatic rings. The third-order valence-electron chi connectivity index (χ3n) is 1.72. The Hall–Kier alpha value is -1.00. The minimum Gasteiger partial charge on any atom is -0.381 e. The van der Waals surface area contributed by atoms with E-state index >= 15 is 0 Å². The van der Waals surface area contributed by atoms with Crippen LogP contribution in [0.1, 0.15) is 0 Å². The standard InChI is InChI=1S/C9H6BrClN2O/c10-7-2-1-5(11)3-6(7)8-4-9(12)13-14-8/h1-4H,(H2,12,13). The highest BCUT2D eigenvalue weighted by molar-refractivity contribution is 9.10. The van der Waals surface area contributed by atoms with Crippen LogP contribution in [0.4, 0.5) is 5.82 Å². The second-order valence-corrected chi connectivity index (χ2v) is 4.03. The van der Waals surface area contributed by atoms with Crippen LogP contribution < -0.4 is 5.73 Å². The Morgan fingerprint density at radius 3 is 2.79 bits per heavy atom. The number of benzene rings is 1. The number of anilines is 1. The molecule has 0 saturated carbocycles. The zero-order chi connectivity index (χ0) is 10.1. The van der Waals surface area contributed by atoms with Crippen LogP contribution in [-0.2, 0) is 0 Å². The molecule has 2 rings (SSSR count). The minimum atomic E-state index is 0.354. The SMILES string of the molecule is Nc1cc(-c2cc(Cl)ccc2Br)on1. The molecule has 0 bridgehead atoms. The molecule has 1 aromatic heterocycles. The van der Waals surface area contributed by atoms with E-state index in [0.717, 1.165) is 10.0 Å². The first-order valence-corrected chi connectivity index (χ1v) is 5.01. The summed E-state index contributed by atoms with van der Waals surface area (Å²) in [6, 6.07) is 7.06. The van der Waals surface area contributed by atoms with E-state index in [1.54, 1.807) is 18.2 Å². The van der Waals surface area contributed by atoms with Gasteiger partial charge >= 0.3 is 0 Å². The van der Waals surface area contributed by atoms with Crippen molar-refractivity contribution >= 4 is 33.3 Å². The van der Waals surface area contributed by atoms with E-state index in [0.29, 0.717) is 16.6 Å². The highest BCUT2D eigenvalue weighted by Gasteiger charge is 2.08. The Labute approximate surface area is 94.0 Å². The molecular weight excluding hydrogens is 267 g/mol. The molecule has 0 fully saturated rings. The van der Waals surface area contributed by atoms with Gasteiger partial charge in [-0.05, 0) is 18.2 Å². The van der Waals surface area contributed by atoms with E-state index in [2.05, 4.69) is 21.1 Å². The highest BCUT2D eigenvalue weighted by Crippen LogP contribution is 2.31. The van der Waals surface area contributed by atoms with E-state index < -0.39 is 0 Å². The number of hydrogen-bond acceptors (Lipinski definition) is 3. The smallest absolute Gasteiger partial charge is 0.170 e. The fourth-order valence-corrected chi connectivity index (χ4v) is 1.72. The fraction of sp³-hybridized carbons (Fsp3) is 0. The van der Waals surface area contributed by atoms with Gasteiger partial charge in [0.05, 0.1) is 0 Å². The van der Waals surface area contributed by atoms with Gasteiger partial charge in [-0.2, -0.15) is 0 Å². The van der Waals surface area contributed by atoms with Crippen molar-refractivity contribution in [3.63, 3.8) is 0 Å². The number of nitrogens with zero attached hydrogens (tertiary/aromatic N) is 1. The van der Waals surface area contributed by atoms with Crippen LogP contribution >= 0.6 is 27.5 Å². The van der Waals surface area contributed by atoms with Crippen LogP contribution in [0.3, 0.4) is 0 Å². The summed E-state index contributed by atoms with van der Waals surface area (Å²) in [5, 5.41) is 4.24. The predicted molar refractivity (Wildman–Crippen MR) is 59.1 cm³/mol. The second-order valence-electron chi connectivity index (χ2n) is 2.74. The summed E-state index contributed by atoms with van der Waals surface area (Å²) in [6.45, 7) is 0. The first-order chi connectivity index (χ1) is 6.66. The van der Waals surface area contributed by atoms with Crippen LogP contribution in [-0.4, -0.2) is 5.16 Å². The molecule has 0 spiro atoms. The second kappa shape index (κ2) is 3.63. The van der Waals surface area contributed by atoms with Gasteiger partial charge in [-0.3, -0.25) is 0 Å². The molecule has 1 heterocycles. The molecule has 0 unspecified atom stereocenters. The Balaban J connectivity index is 2.55. The van der Waals surface area contributed by atoms with Crippen molar-refractivity contribution in [2.24, 2.45) is 0 Å². The first-order valence-electron chi connectivity index (χ1n) is 3.84. The van der Waals surface area contributed by atoms with Crippen LogP contribution in [0.2, 0.25) is 5.02 Å². The molecule has 1 aromatic carbocycles. The van der Waals surface area contributed by atoms with E-state index in [9.17, 15) is 0 Å². The number of rotatable bonds is 1. The Bertz CT molecular complexity index is 470. The average Bonchev–Trinajstić information content (AvgIpc) is 2.56. The van der Waals surface area contributed by atoms with Gasteiger partial charge in [0.15, 0.2) is 11.6 Å². The molecule has 14 heavy (non-hydrogen) atoms. The largest absolute Gasteiger partial charge is 0.381 e. The normalized spacial score (nSPS) is 10.4. The maximum absolute atomic E-state index is 5.86. The summed E-state index contributed by atoms with van der Waals surface area (Å²) < 4.78 is 5.91. The topological polar surface area (TPSA) is 52.0 Å². The summed E-state index contributed by atoms with van der Waals surface area (Å²) in [5.74, 6) is 0.948. The summed E-state index contributed by atoms with van der Waals surface area (Å²) in [7, 11) is 0. The molecular formula is C9H6BrClN2O. The molecule has 0 radical (unpaired) electrons. The summed E-state index contributed by atoms with van der Waals surface area (Å²) in [5.41, 5.74) is 6.29. The molecule has 0 aliphatic rings. The maximum Gasteiger partial charge on any atom is 0.170 e. The lowest BCUT2D eigenvalue weighted by atomic mass is 10.2. The Morgan fingerprint density at radius 2 is 2.14 bits per heavy atom. The first kappa shape index (κ1) is 9.55. The lowest BCUT2D eigenvalue weighted by molar-refractivity contribution is 0.435. The number of nitrogen functional groups attached to an aromatic ring is 1. The maximum atomic E-state index is 5.86. The fourth-order valence-electron chi connectivity index (χ4n) is 1.10. The van der Waals surface area contributed by atoms with Crippen molar-refractivity contribution in [2.45, 2.75) is 0 Å². The predicted octanol–water partition coefficient (Wildman–Crippen LogP) is 3.34. The van der Waals surface area contributed by atoms with Crippen molar-refractivity contribution in [3.8, 4) is 11.3 Å². The van der Waals surface area contributed by atoms with Crippen LogP contribution in [0, 0.1) is 0 Å². The number of halogens is 2. The van der Waals surface area contributed by atoms with Gasteiger partial charge < -0.3 is 10.3 Å². The van der Waals surface area contributed by atoms with Gasteiger partial charge in [0.2, 0.25) is 0 Å². The lowest BCUT2D eigenvalue weighted by Gasteiger charge is -1.99. The van der Waals surface area contributed by atoms with E-state index in [-0.39, 0.29) is 0 Å². The number of aromatic nitrogens is 1. The van der Waals surface area contributed by atoms with E-state index in [1.165, 1.54) is 0 Å². The van der Waals surface area contributed by atoms with Crippen molar-refractivity contribution in [1.82, 2.24) is 5.16 Å². The van der Waals surface area contributed by atoms with Gasteiger partial charge in [-0.1, -0.05) is 32.7 Å². The molecule has 0 atom stereocenters. The molecule has 2 N–H and O–H groups in total. The molecule has 3 nitrogen and oxygen atoms in total. The molecule has 0 aliphatic carbocycles. The number of hydrogen-bond donors (Lipinski definition) is 1. The van der Waals surface area contributed by atoms with Gasteiger partial charge in [0.1, 0.15) is 0 Å². The summed E-state index contributed by atoms with van der Waals surface area (Å²) in [4.78, 5) is 0. The quantitative estimate of drug-likeness (QED) is 0.867. The third kappa shape index (κ3) is 1.76. The summed E-state index contributed by atoms with van der Waals surface area (Å²) in [6.07, 6.45) is 0. The third-order valence-corrected chi connectivity index (χ3v) is 2.65. The Morgan fingerprint density at radius 1 is 1.36 bits per heavy atom. The van der Waals surface area contributed by atoms with Crippen LogP contribution in [0.5, 0.6) is 0 Å². The van der Waals surface area contributed by atoms with Crippen LogP contribution in [0.25, 0.3) is 11.3 Å². The minimum absolute atomic E-state index is 0.354. The zero-order valence-electron chi connectivity index (χ0n) is 7.00. The van der Waals surface area contributed by atoms with E-state index in [1.807, 2.05) is 6.07 Å². The van der Waals surface area contributed by atoms with Crippen molar-refractivity contribution < 1.29 is 4.52 Å². The molecule has 0 aliphatic heterocycles. The molecule has 5 heteroatoms. The highest BCUT2D eigenvalue weighted by atomic mass is 79.9. The van der Waals surface area contributed by atoms with Gasteiger partial charge in [0.25, 0.3) is 0 Å². The van der Waals surface area contributed by atoms with Crippen LogP contribution in [0.15, 0.2) is 33.3 Å². The van der Waals surface area contributed by atoms with Crippen molar-refractivity contribution in [2.75, 3.05) is 5.73 Å². The molecule has 0 saturated heterocycles. The van der Waals surface area contributed by atoms with Crippen molar-refractivity contribution in [3.05, 3.63) is 33.8 Å². The van der Waals surface area contributed by atoms with Crippen molar-refractivity contribution in [1.29, 1.82) is 0 Å². The monoisotopic (exact) mass is 272 g/mol.